The lowest BCUT2D eigenvalue weighted by molar-refractivity contribution is -0.135. The first-order valence-electron chi connectivity index (χ1n) is 5.33. The highest BCUT2D eigenvalue weighted by Gasteiger charge is 2.20. The van der Waals surface area contributed by atoms with Gasteiger partial charge in [0.15, 0.2) is 0 Å². The van der Waals surface area contributed by atoms with Gasteiger partial charge in [-0.05, 0) is 6.42 Å². The van der Waals surface area contributed by atoms with Crippen molar-refractivity contribution in [3.05, 3.63) is 0 Å². The number of carbonyl (C=O) groups excluding carboxylic acids is 1. The van der Waals surface area contributed by atoms with Crippen LogP contribution in [0, 0.1) is 0 Å². The molecule has 0 aromatic rings. The standard InChI is InChI=1S/C10H20F2N2O2.ClH/c1-3-4-14(7-9(11)12)10(15)5-8(6-13)16-2;/h8-9H,3-7,13H2,1-2H3;1H. The Morgan fingerprint density at radius 1 is 1.47 bits per heavy atom. The average molecular weight is 275 g/mol. The second kappa shape index (κ2) is 10.7. The number of nitrogens with two attached hydrogens (primary N) is 1. The topological polar surface area (TPSA) is 55.6 Å². The number of halogens is 3. The van der Waals surface area contributed by atoms with Crippen molar-refractivity contribution < 1.29 is 18.3 Å². The maximum absolute atomic E-state index is 12.2. The van der Waals surface area contributed by atoms with Gasteiger partial charge in [0, 0.05) is 20.2 Å². The van der Waals surface area contributed by atoms with Gasteiger partial charge in [-0.1, -0.05) is 6.92 Å². The summed E-state index contributed by atoms with van der Waals surface area (Å²) in [5.74, 6) is -0.334. The molecule has 0 aromatic carbocycles. The van der Waals surface area contributed by atoms with Crippen LogP contribution in [-0.4, -0.2) is 50.1 Å². The van der Waals surface area contributed by atoms with Crippen LogP contribution in [-0.2, 0) is 9.53 Å². The normalized spacial score (nSPS) is 12.1. The van der Waals surface area contributed by atoms with Crippen molar-refractivity contribution in [3.8, 4) is 0 Å². The lowest BCUT2D eigenvalue weighted by Gasteiger charge is -2.23. The van der Waals surface area contributed by atoms with E-state index in [4.69, 9.17) is 10.5 Å². The van der Waals surface area contributed by atoms with Crippen LogP contribution in [0.1, 0.15) is 19.8 Å². The van der Waals surface area contributed by atoms with Crippen molar-refractivity contribution >= 4 is 18.3 Å². The van der Waals surface area contributed by atoms with E-state index in [1.807, 2.05) is 6.92 Å². The molecule has 0 aromatic heterocycles. The Bertz CT molecular complexity index is 205. The first-order valence-corrected chi connectivity index (χ1v) is 5.33. The smallest absolute Gasteiger partial charge is 0.255 e. The summed E-state index contributed by atoms with van der Waals surface area (Å²) in [6.45, 7) is 1.86. The van der Waals surface area contributed by atoms with E-state index in [0.29, 0.717) is 13.0 Å². The van der Waals surface area contributed by atoms with Crippen molar-refractivity contribution in [1.29, 1.82) is 0 Å². The van der Waals surface area contributed by atoms with Crippen LogP contribution < -0.4 is 5.73 Å². The number of hydrogen-bond donors (Lipinski definition) is 1. The zero-order chi connectivity index (χ0) is 12.6. The Kier molecular flexibility index (Phi) is 11.9. The molecule has 0 rings (SSSR count). The molecule has 0 fully saturated rings. The molecular formula is C10H21ClF2N2O2. The monoisotopic (exact) mass is 274 g/mol. The third-order valence-corrected chi connectivity index (χ3v) is 2.20. The molecule has 0 saturated heterocycles. The van der Waals surface area contributed by atoms with Crippen LogP contribution >= 0.6 is 12.4 Å². The van der Waals surface area contributed by atoms with Crippen molar-refractivity contribution in [2.75, 3.05) is 26.7 Å². The molecule has 0 spiro atoms. The molecule has 0 saturated carbocycles. The van der Waals surface area contributed by atoms with Crippen LogP contribution in [0.2, 0.25) is 0 Å². The summed E-state index contributed by atoms with van der Waals surface area (Å²) >= 11 is 0. The van der Waals surface area contributed by atoms with Crippen LogP contribution in [0.4, 0.5) is 8.78 Å². The molecule has 1 amide bonds. The van der Waals surface area contributed by atoms with E-state index < -0.39 is 19.1 Å². The van der Waals surface area contributed by atoms with Gasteiger partial charge in [-0.15, -0.1) is 12.4 Å². The van der Waals surface area contributed by atoms with Gasteiger partial charge in [0.2, 0.25) is 5.91 Å². The third kappa shape index (κ3) is 8.29. The molecular weight excluding hydrogens is 254 g/mol. The zero-order valence-corrected chi connectivity index (χ0v) is 11.0. The summed E-state index contributed by atoms with van der Waals surface area (Å²) in [5, 5.41) is 0. The SMILES string of the molecule is CCCN(CC(F)F)C(=O)CC(CN)OC.Cl. The minimum atomic E-state index is -2.51. The van der Waals surface area contributed by atoms with E-state index in [1.165, 1.54) is 7.11 Å². The predicted molar refractivity (Wildman–Crippen MR) is 64.6 cm³/mol. The van der Waals surface area contributed by atoms with E-state index in [9.17, 15) is 13.6 Å². The molecule has 1 unspecified atom stereocenters. The fourth-order valence-corrected chi connectivity index (χ4v) is 1.34. The molecule has 0 aliphatic carbocycles. The molecule has 0 heterocycles. The molecule has 0 aliphatic rings. The number of carbonyl (C=O) groups is 1. The lowest BCUT2D eigenvalue weighted by Crippen LogP contribution is -2.39. The Balaban J connectivity index is 0. The molecule has 104 valence electrons. The maximum Gasteiger partial charge on any atom is 0.255 e. The van der Waals surface area contributed by atoms with Crippen LogP contribution in [0.3, 0.4) is 0 Å². The Morgan fingerprint density at radius 2 is 2.06 bits per heavy atom. The van der Waals surface area contributed by atoms with Gasteiger partial charge in [0.1, 0.15) is 0 Å². The second-order valence-corrected chi connectivity index (χ2v) is 3.53. The highest BCUT2D eigenvalue weighted by Crippen LogP contribution is 2.05. The summed E-state index contributed by atoms with van der Waals surface area (Å²) in [5.41, 5.74) is 5.36. The number of methoxy groups -OCH3 is 1. The van der Waals surface area contributed by atoms with Crippen molar-refractivity contribution in [3.63, 3.8) is 0 Å². The fourth-order valence-electron chi connectivity index (χ4n) is 1.34. The quantitative estimate of drug-likeness (QED) is 0.725. The number of nitrogens with zero attached hydrogens (tertiary/aromatic N) is 1. The molecule has 0 radical (unpaired) electrons. The lowest BCUT2D eigenvalue weighted by atomic mass is 10.2. The van der Waals surface area contributed by atoms with Gasteiger partial charge in [0.25, 0.3) is 6.43 Å². The Hall–Kier alpha value is -0.460. The third-order valence-electron chi connectivity index (χ3n) is 2.20. The van der Waals surface area contributed by atoms with Gasteiger partial charge in [0.05, 0.1) is 19.1 Å². The van der Waals surface area contributed by atoms with E-state index >= 15 is 0 Å². The molecule has 1 atom stereocenters. The first kappa shape index (κ1) is 18.9. The molecule has 0 bridgehead atoms. The van der Waals surface area contributed by atoms with E-state index in [2.05, 4.69) is 0 Å². The maximum atomic E-state index is 12.2. The second-order valence-electron chi connectivity index (χ2n) is 3.53. The van der Waals surface area contributed by atoms with Gasteiger partial charge < -0.3 is 15.4 Å². The first-order chi connectivity index (χ1) is 7.54. The van der Waals surface area contributed by atoms with Crippen molar-refractivity contribution in [2.45, 2.75) is 32.3 Å². The highest BCUT2D eigenvalue weighted by atomic mass is 35.5. The van der Waals surface area contributed by atoms with Crippen LogP contribution in [0.25, 0.3) is 0 Å². The summed E-state index contributed by atoms with van der Waals surface area (Å²) in [6.07, 6.45) is -2.20. The fraction of sp³-hybridized carbons (Fsp3) is 0.900. The van der Waals surface area contributed by atoms with E-state index in [1.54, 1.807) is 0 Å². The summed E-state index contributed by atoms with van der Waals surface area (Å²) < 4.78 is 29.4. The molecule has 17 heavy (non-hydrogen) atoms. The van der Waals surface area contributed by atoms with Gasteiger partial charge >= 0.3 is 0 Å². The number of amides is 1. The molecule has 0 aliphatic heterocycles. The molecule has 4 nitrogen and oxygen atoms in total. The number of alkyl halides is 2. The Morgan fingerprint density at radius 3 is 2.41 bits per heavy atom. The molecule has 7 heteroatoms. The van der Waals surface area contributed by atoms with E-state index in [-0.39, 0.29) is 31.3 Å². The summed E-state index contributed by atoms with van der Waals surface area (Å²) in [7, 11) is 1.45. The van der Waals surface area contributed by atoms with E-state index in [0.717, 1.165) is 4.90 Å². The van der Waals surface area contributed by atoms with Gasteiger partial charge in [-0.25, -0.2) is 8.78 Å². The average Bonchev–Trinajstić information content (AvgIpc) is 2.24. The Labute approximate surface area is 107 Å². The summed E-state index contributed by atoms with van der Waals surface area (Å²) in [4.78, 5) is 12.8. The van der Waals surface area contributed by atoms with Crippen LogP contribution in [0.5, 0.6) is 0 Å². The minimum absolute atomic E-state index is 0. The highest BCUT2D eigenvalue weighted by molar-refractivity contribution is 5.85. The van der Waals surface area contributed by atoms with Crippen molar-refractivity contribution in [1.82, 2.24) is 4.90 Å². The van der Waals surface area contributed by atoms with Gasteiger partial charge in [-0.3, -0.25) is 4.79 Å². The number of rotatable bonds is 8. The minimum Gasteiger partial charge on any atom is -0.380 e. The number of hydrogen-bond acceptors (Lipinski definition) is 3. The predicted octanol–water partition coefficient (Wildman–Crippen LogP) is 1.28. The zero-order valence-electron chi connectivity index (χ0n) is 10.2. The largest absolute Gasteiger partial charge is 0.380 e. The molecule has 2 N–H and O–H groups in total. The van der Waals surface area contributed by atoms with Gasteiger partial charge in [-0.2, -0.15) is 0 Å². The number of ether oxygens (including phenoxy) is 1. The van der Waals surface area contributed by atoms with Crippen LogP contribution in [0.15, 0.2) is 0 Å². The summed E-state index contributed by atoms with van der Waals surface area (Å²) in [6, 6.07) is 0. The van der Waals surface area contributed by atoms with Crippen molar-refractivity contribution in [2.24, 2.45) is 5.73 Å².